The number of nitrogens with one attached hydrogen (secondary N) is 1. The van der Waals surface area contributed by atoms with Crippen LogP contribution in [-0.2, 0) is 18.4 Å². The summed E-state index contributed by atoms with van der Waals surface area (Å²) in [5.74, 6) is -0.173. The predicted molar refractivity (Wildman–Crippen MR) is 318 cm³/mol. The highest BCUT2D eigenvalue weighted by atomic mass is 31.2. The van der Waals surface area contributed by atoms with Crippen molar-refractivity contribution in [1.29, 1.82) is 0 Å². The van der Waals surface area contributed by atoms with Crippen molar-refractivity contribution in [3.8, 4) is 0 Å². The van der Waals surface area contributed by atoms with E-state index in [2.05, 4.69) is 67.8 Å². The Kier molecular flexibility index (Phi) is 53.6. The highest BCUT2D eigenvalue weighted by Gasteiger charge is 2.27. The highest BCUT2D eigenvalue weighted by Crippen LogP contribution is 2.43. The van der Waals surface area contributed by atoms with Crippen LogP contribution in [0.2, 0.25) is 0 Å². The Morgan fingerprint density at radius 1 is 0.479 bits per heavy atom. The van der Waals surface area contributed by atoms with Gasteiger partial charge in [-0.15, -0.1) is 0 Å². The molecule has 73 heavy (non-hydrogen) atoms. The Morgan fingerprint density at radius 2 is 0.822 bits per heavy atom. The lowest BCUT2D eigenvalue weighted by Gasteiger charge is -2.25. The monoisotopic (exact) mass is 1050 g/mol. The number of rotatable bonds is 57. The average Bonchev–Trinajstić information content (AvgIpc) is 3.35. The molecule has 0 bridgehead atoms. The van der Waals surface area contributed by atoms with Crippen molar-refractivity contribution in [2.24, 2.45) is 0 Å². The van der Waals surface area contributed by atoms with Crippen LogP contribution in [0.25, 0.3) is 0 Å². The number of carbonyl (C=O) groups excluding carboxylic acids is 1. The SMILES string of the molecule is CC/C=C\C/C=C\C/C=C\C/C=C\CCCCCCCCCCCCCCCCCCCCCCCCCCC(=O)NC(COP(=O)(O)OCC[N+](C)(C)C)C(O)/C=C/CCCCCCCCCCCCCC. The first-order valence-corrected chi connectivity index (χ1v) is 32.7. The maximum Gasteiger partial charge on any atom is 0.472 e. The molecule has 1 amide bonds. The third-order valence-corrected chi connectivity index (χ3v) is 15.0. The number of carbonyl (C=O) groups is 1. The van der Waals surface area contributed by atoms with Crippen molar-refractivity contribution in [2.45, 2.75) is 302 Å². The molecule has 0 aromatic rings. The van der Waals surface area contributed by atoms with Gasteiger partial charge < -0.3 is 19.8 Å². The summed E-state index contributed by atoms with van der Waals surface area (Å²) in [5, 5.41) is 13.9. The smallest absolute Gasteiger partial charge is 0.387 e. The Bertz CT molecular complexity index is 1370. The molecule has 0 saturated carbocycles. The van der Waals surface area contributed by atoms with E-state index in [1.165, 1.54) is 205 Å². The lowest BCUT2D eigenvalue weighted by Crippen LogP contribution is -2.45. The zero-order chi connectivity index (χ0) is 53.5. The molecule has 0 aliphatic carbocycles. The Labute approximate surface area is 453 Å². The van der Waals surface area contributed by atoms with E-state index in [0.29, 0.717) is 17.4 Å². The number of likely N-dealkylation sites (N-methyl/N-ethyl adjacent to an activating group) is 1. The second kappa shape index (κ2) is 55.0. The van der Waals surface area contributed by atoms with Crippen LogP contribution < -0.4 is 5.32 Å². The molecule has 8 nitrogen and oxygen atoms in total. The molecule has 3 N–H and O–H groups in total. The van der Waals surface area contributed by atoms with E-state index in [9.17, 15) is 19.4 Å². The lowest BCUT2D eigenvalue weighted by atomic mass is 10.0. The number of hydrogen-bond acceptors (Lipinski definition) is 5. The number of quaternary nitrogens is 1. The quantitative estimate of drug-likeness (QED) is 0.0243. The molecule has 0 aliphatic rings. The molecule has 9 heteroatoms. The van der Waals surface area contributed by atoms with Gasteiger partial charge in [-0.1, -0.05) is 286 Å². The van der Waals surface area contributed by atoms with Gasteiger partial charge in [0.15, 0.2) is 0 Å². The van der Waals surface area contributed by atoms with Crippen molar-refractivity contribution >= 4 is 13.7 Å². The van der Waals surface area contributed by atoms with Gasteiger partial charge in [0.25, 0.3) is 0 Å². The summed E-state index contributed by atoms with van der Waals surface area (Å²) in [6.07, 6.45) is 74.9. The molecule has 0 fully saturated rings. The number of nitrogens with zero attached hydrogens (tertiary/aromatic N) is 1. The van der Waals surface area contributed by atoms with Gasteiger partial charge in [-0.3, -0.25) is 13.8 Å². The second-order valence-corrected chi connectivity index (χ2v) is 23.9. The number of aliphatic hydroxyl groups is 1. The van der Waals surface area contributed by atoms with Crippen LogP contribution in [0.4, 0.5) is 0 Å². The predicted octanol–water partition coefficient (Wildman–Crippen LogP) is 19.3. The molecule has 0 aromatic carbocycles. The molecule has 0 spiro atoms. The van der Waals surface area contributed by atoms with Crippen molar-refractivity contribution < 1.29 is 32.9 Å². The summed E-state index contributed by atoms with van der Waals surface area (Å²) in [7, 11) is 1.58. The maximum absolute atomic E-state index is 13.0. The number of phosphoric ester groups is 1. The summed E-state index contributed by atoms with van der Waals surface area (Å²) in [5.41, 5.74) is 0. The average molecular weight is 1050 g/mol. The Balaban J connectivity index is 3.93. The minimum Gasteiger partial charge on any atom is -0.387 e. The number of allylic oxidation sites excluding steroid dienone is 9. The Morgan fingerprint density at radius 3 is 1.21 bits per heavy atom. The number of hydrogen-bond donors (Lipinski definition) is 3. The Hall–Kier alpha value is -1.80. The molecule has 0 radical (unpaired) electrons. The van der Waals surface area contributed by atoms with Crippen LogP contribution in [-0.4, -0.2) is 73.4 Å². The highest BCUT2D eigenvalue weighted by molar-refractivity contribution is 7.47. The van der Waals surface area contributed by atoms with E-state index < -0.39 is 20.0 Å². The molecule has 3 atom stereocenters. The molecular formula is C64H122N2O6P+. The summed E-state index contributed by atoms with van der Waals surface area (Å²) in [4.78, 5) is 23.3. The van der Waals surface area contributed by atoms with E-state index in [1.807, 2.05) is 27.2 Å². The zero-order valence-corrected chi connectivity index (χ0v) is 49.8. The molecule has 0 aromatic heterocycles. The summed E-state index contributed by atoms with van der Waals surface area (Å²) in [6, 6.07) is -0.845. The second-order valence-electron chi connectivity index (χ2n) is 22.4. The van der Waals surface area contributed by atoms with E-state index >= 15 is 0 Å². The number of amides is 1. The molecule has 0 aliphatic heterocycles. The fourth-order valence-corrected chi connectivity index (χ4v) is 9.89. The zero-order valence-electron chi connectivity index (χ0n) is 48.9. The number of aliphatic hydroxyl groups excluding tert-OH is 1. The molecule has 0 saturated heterocycles. The topological polar surface area (TPSA) is 105 Å². The summed E-state index contributed by atoms with van der Waals surface area (Å²) < 4.78 is 23.7. The fraction of sp³-hybridized carbons (Fsp3) is 0.828. The van der Waals surface area contributed by atoms with Gasteiger partial charge in [0.05, 0.1) is 39.9 Å². The summed E-state index contributed by atoms with van der Waals surface area (Å²) >= 11 is 0. The van der Waals surface area contributed by atoms with Gasteiger partial charge in [-0.25, -0.2) is 4.57 Å². The summed E-state index contributed by atoms with van der Waals surface area (Å²) in [6.45, 7) is 4.72. The van der Waals surface area contributed by atoms with E-state index in [0.717, 1.165) is 64.2 Å². The molecule has 0 heterocycles. The maximum atomic E-state index is 13.0. The minimum absolute atomic E-state index is 0.0625. The number of phosphoric acid groups is 1. The largest absolute Gasteiger partial charge is 0.472 e. The molecular weight excluding hydrogens is 924 g/mol. The van der Waals surface area contributed by atoms with Crippen LogP contribution in [0.15, 0.2) is 60.8 Å². The van der Waals surface area contributed by atoms with Crippen LogP contribution in [0, 0.1) is 0 Å². The molecule has 428 valence electrons. The fourth-order valence-electron chi connectivity index (χ4n) is 9.15. The van der Waals surface area contributed by atoms with Gasteiger partial charge >= 0.3 is 7.82 Å². The molecule has 3 unspecified atom stereocenters. The third-order valence-electron chi connectivity index (χ3n) is 14.0. The van der Waals surface area contributed by atoms with Crippen LogP contribution >= 0.6 is 7.82 Å². The first kappa shape index (κ1) is 71.2. The van der Waals surface area contributed by atoms with Crippen LogP contribution in [0.1, 0.15) is 290 Å². The number of unbranched alkanes of at least 4 members (excludes halogenated alkanes) is 36. The van der Waals surface area contributed by atoms with Crippen molar-refractivity contribution in [3.63, 3.8) is 0 Å². The van der Waals surface area contributed by atoms with Crippen LogP contribution in [0.3, 0.4) is 0 Å². The van der Waals surface area contributed by atoms with Gasteiger partial charge in [-0.05, 0) is 57.8 Å². The van der Waals surface area contributed by atoms with Gasteiger partial charge in [0.1, 0.15) is 13.2 Å². The first-order valence-electron chi connectivity index (χ1n) is 31.2. The van der Waals surface area contributed by atoms with E-state index in [-0.39, 0.29) is 19.1 Å². The van der Waals surface area contributed by atoms with Crippen molar-refractivity contribution in [3.05, 3.63) is 60.8 Å². The minimum atomic E-state index is -4.34. The van der Waals surface area contributed by atoms with Crippen molar-refractivity contribution in [2.75, 3.05) is 40.9 Å². The van der Waals surface area contributed by atoms with Crippen molar-refractivity contribution in [1.82, 2.24) is 5.32 Å². The van der Waals surface area contributed by atoms with Gasteiger partial charge in [0, 0.05) is 6.42 Å². The lowest BCUT2D eigenvalue weighted by molar-refractivity contribution is -0.870. The van der Waals surface area contributed by atoms with E-state index in [1.54, 1.807) is 6.08 Å². The standard InChI is InChI=1S/C64H121N2O6P/c1-6-8-10-12-14-16-18-20-22-23-24-25-26-27-28-29-30-31-32-33-34-35-36-37-38-39-40-41-42-43-44-46-48-50-52-54-56-58-64(68)65-62(61-72-73(69,70)71-60-59-66(3,4)5)63(67)57-55-53-51-49-47-45-21-19-17-15-13-11-9-7-2/h8,10,14,16,20,22,24-25,55,57,62-63,67H,6-7,9,11-13,15,17-19,21,23,26-54,56,58-61H2,1-5H3,(H-,65,68,69,70)/p+1/b10-8-,16-14-,22-20-,25-24-,57-55+. The van der Waals surface area contributed by atoms with Crippen LogP contribution in [0.5, 0.6) is 0 Å². The van der Waals surface area contributed by atoms with Gasteiger partial charge in [0.2, 0.25) is 5.91 Å². The molecule has 0 rings (SSSR count). The third kappa shape index (κ3) is 57.7. The normalized spacial score (nSPS) is 14.2. The van der Waals surface area contributed by atoms with Gasteiger partial charge in [-0.2, -0.15) is 0 Å². The first-order chi connectivity index (χ1) is 35.5. The van der Waals surface area contributed by atoms with E-state index in [4.69, 9.17) is 9.05 Å².